The second kappa shape index (κ2) is 9.23. The Bertz CT molecular complexity index is 725. The third kappa shape index (κ3) is 4.49. The summed E-state index contributed by atoms with van der Waals surface area (Å²) in [5.74, 6) is 0.839. The highest BCUT2D eigenvalue weighted by molar-refractivity contribution is 5.98. The summed E-state index contributed by atoms with van der Waals surface area (Å²) in [5, 5.41) is 0. The van der Waals surface area contributed by atoms with E-state index in [4.69, 9.17) is 4.99 Å². The van der Waals surface area contributed by atoms with Crippen LogP contribution >= 0.6 is 12.4 Å². The van der Waals surface area contributed by atoms with E-state index in [0.29, 0.717) is 5.92 Å². The van der Waals surface area contributed by atoms with Gasteiger partial charge >= 0.3 is 0 Å². The smallest absolute Gasteiger partial charge is 0.254 e. The van der Waals surface area contributed by atoms with E-state index in [2.05, 4.69) is 34.9 Å². The van der Waals surface area contributed by atoms with Crippen molar-refractivity contribution >= 4 is 24.5 Å². The molecule has 3 heterocycles. The van der Waals surface area contributed by atoms with Crippen molar-refractivity contribution in [3.05, 3.63) is 47.5 Å². The van der Waals surface area contributed by atoms with Gasteiger partial charge in [0, 0.05) is 31.4 Å². The lowest BCUT2D eigenvalue weighted by Crippen LogP contribution is -2.45. The van der Waals surface area contributed by atoms with Crippen LogP contribution in [0.4, 0.5) is 0 Å². The minimum atomic E-state index is 0. The van der Waals surface area contributed by atoms with Gasteiger partial charge in [-0.1, -0.05) is 44.0 Å². The van der Waals surface area contributed by atoms with Crippen LogP contribution in [0.25, 0.3) is 0 Å². The number of aliphatic imine (C=N–C) groups is 1. The molecule has 1 saturated heterocycles. The fourth-order valence-electron chi connectivity index (χ4n) is 4.75. The van der Waals surface area contributed by atoms with Gasteiger partial charge in [-0.05, 0) is 56.0 Å². The van der Waals surface area contributed by atoms with Gasteiger partial charge < -0.3 is 9.80 Å². The standard InChI is InChI=1S/C23H31N3O.ClH/c1-2-3-11-23(12-6-13-24-23)18-25-14-9-19(10-15-25)16-26-17-20-7-4-5-8-21(20)22(26)27;/h4-8,12-13,19H,2-3,9-11,14-18H2,1H3;1H. The second-order valence-electron chi connectivity index (χ2n) is 8.41. The van der Waals surface area contributed by atoms with Gasteiger partial charge in [-0.2, -0.15) is 0 Å². The number of allylic oxidation sites excluding steroid dienone is 1. The van der Waals surface area contributed by atoms with Crippen molar-refractivity contribution in [1.29, 1.82) is 0 Å². The molecule has 1 amide bonds. The van der Waals surface area contributed by atoms with Crippen molar-refractivity contribution in [1.82, 2.24) is 9.80 Å². The normalized spacial score (nSPS) is 24.6. The SMILES string of the molecule is CCCCC1(CN2CCC(CN3Cc4ccccc4C3=O)CC2)C=CC=N1.Cl. The highest BCUT2D eigenvalue weighted by atomic mass is 35.5. The molecule has 0 aromatic heterocycles. The number of carbonyl (C=O) groups is 1. The van der Waals surface area contributed by atoms with Crippen LogP contribution in [0.3, 0.4) is 0 Å². The molecule has 1 fully saturated rings. The minimum absolute atomic E-state index is 0. The summed E-state index contributed by atoms with van der Waals surface area (Å²) in [6, 6.07) is 8.04. The Hall–Kier alpha value is -1.65. The zero-order chi connectivity index (χ0) is 18.7. The number of amides is 1. The summed E-state index contributed by atoms with van der Waals surface area (Å²) in [6.45, 7) is 7.23. The van der Waals surface area contributed by atoms with E-state index in [-0.39, 0.29) is 23.9 Å². The van der Waals surface area contributed by atoms with Crippen LogP contribution in [0.1, 0.15) is 54.9 Å². The summed E-state index contributed by atoms with van der Waals surface area (Å²) >= 11 is 0. The highest BCUT2D eigenvalue weighted by Gasteiger charge is 2.33. The fraction of sp³-hybridized carbons (Fsp3) is 0.565. The number of hydrogen-bond acceptors (Lipinski definition) is 3. The maximum absolute atomic E-state index is 12.6. The van der Waals surface area contributed by atoms with E-state index in [1.165, 1.54) is 31.2 Å². The first-order valence-electron chi connectivity index (χ1n) is 10.5. The van der Waals surface area contributed by atoms with Crippen LogP contribution in [0.15, 0.2) is 41.4 Å². The predicted octanol–water partition coefficient (Wildman–Crippen LogP) is 4.35. The van der Waals surface area contributed by atoms with Gasteiger partial charge in [0.1, 0.15) is 0 Å². The molecule has 1 aromatic rings. The Morgan fingerprint density at radius 1 is 1.21 bits per heavy atom. The van der Waals surface area contributed by atoms with Gasteiger partial charge in [0.15, 0.2) is 0 Å². The number of fused-ring (bicyclic) bond motifs is 1. The van der Waals surface area contributed by atoms with Crippen LogP contribution in [-0.2, 0) is 6.54 Å². The molecule has 1 unspecified atom stereocenters. The van der Waals surface area contributed by atoms with Crippen LogP contribution in [0.5, 0.6) is 0 Å². The molecule has 3 aliphatic heterocycles. The van der Waals surface area contributed by atoms with Gasteiger partial charge in [0.2, 0.25) is 0 Å². The number of halogens is 1. The van der Waals surface area contributed by atoms with Crippen LogP contribution in [0, 0.1) is 5.92 Å². The molecular weight excluding hydrogens is 370 g/mol. The summed E-state index contributed by atoms with van der Waals surface area (Å²) < 4.78 is 0. The van der Waals surface area contributed by atoms with Gasteiger partial charge in [-0.3, -0.25) is 9.79 Å². The maximum Gasteiger partial charge on any atom is 0.254 e. The Morgan fingerprint density at radius 2 is 2.00 bits per heavy atom. The Labute approximate surface area is 175 Å². The first-order chi connectivity index (χ1) is 13.2. The molecule has 0 N–H and O–H groups in total. The zero-order valence-corrected chi connectivity index (χ0v) is 17.7. The number of piperidine rings is 1. The number of hydrogen-bond donors (Lipinski definition) is 0. The lowest BCUT2D eigenvalue weighted by molar-refractivity contribution is 0.0707. The summed E-state index contributed by atoms with van der Waals surface area (Å²) in [7, 11) is 0. The van der Waals surface area contributed by atoms with E-state index in [1.807, 2.05) is 24.4 Å². The number of rotatable bonds is 7. The molecule has 0 radical (unpaired) electrons. The van der Waals surface area contributed by atoms with E-state index >= 15 is 0 Å². The van der Waals surface area contributed by atoms with Crippen molar-refractivity contribution in [2.75, 3.05) is 26.2 Å². The van der Waals surface area contributed by atoms with Crippen molar-refractivity contribution in [2.24, 2.45) is 10.9 Å². The molecule has 152 valence electrons. The molecule has 4 rings (SSSR count). The van der Waals surface area contributed by atoms with E-state index in [9.17, 15) is 4.79 Å². The lowest BCUT2D eigenvalue weighted by atomic mass is 9.90. The molecule has 28 heavy (non-hydrogen) atoms. The second-order valence-corrected chi connectivity index (χ2v) is 8.41. The third-order valence-electron chi connectivity index (χ3n) is 6.37. The molecular formula is C23H32ClN3O. The number of carbonyl (C=O) groups excluding carboxylic acids is 1. The minimum Gasteiger partial charge on any atom is -0.334 e. The van der Waals surface area contributed by atoms with Gasteiger partial charge in [0.25, 0.3) is 5.91 Å². The molecule has 0 spiro atoms. The Kier molecular flexibility index (Phi) is 6.95. The van der Waals surface area contributed by atoms with Crippen LogP contribution < -0.4 is 0 Å². The molecule has 1 atom stereocenters. The Balaban J connectivity index is 0.00000225. The van der Waals surface area contributed by atoms with E-state index < -0.39 is 0 Å². The van der Waals surface area contributed by atoms with E-state index in [1.54, 1.807) is 0 Å². The molecule has 0 aliphatic carbocycles. The highest BCUT2D eigenvalue weighted by Crippen LogP contribution is 2.29. The van der Waals surface area contributed by atoms with Crippen molar-refractivity contribution < 1.29 is 4.79 Å². The zero-order valence-electron chi connectivity index (χ0n) is 16.8. The summed E-state index contributed by atoms with van der Waals surface area (Å²) in [6.07, 6.45) is 12.3. The summed E-state index contributed by atoms with van der Waals surface area (Å²) in [5.41, 5.74) is 2.09. The monoisotopic (exact) mass is 401 g/mol. The number of unbranched alkanes of at least 4 members (excludes halogenated alkanes) is 1. The van der Waals surface area contributed by atoms with E-state index in [0.717, 1.165) is 44.7 Å². The molecule has 4 nitrogen and oxygen atoms in total. The van der Waals surface area contributed by atoms with Gasteiger partial charge in [-0.15, -0.1) is 12.4 Å². The first kappa shape index (κ1) is 21.1. The predicted molar refractivity (Wildman–Crippen MR) is 117 cm³/mol. The van der Waals surface area contributed by atoms with Crippen molar-refractivity contribution in [2.45, 2.75) is 51.1 Å². The number of nitrogens with zero attached hydrogens (tertiary/aromatic N) is 3. The fourth-order valence-corrected chi connectivity index (χ4v) is 4.75. The molecule has 3 aliphatic rings. The van der Waals surface area contributed by atoms with Crippen molar-refractivity contribution in [3.63, 3.8) is 0 Å². The molecule has 0 bridgehead atoms. The molecule has 0 saturated carbocycles. The van der Waals surface area contributed by atoms with Crippen LogP contribution in [-0.4, -0.2) is 53.6 Å². The molecule has 1 aromatic carbocycles. The first-order valence-corrected chi connectivity index (χ1v) is 10.5. The van der Waals surface area contributed by atoms with Gasteiger partial charge in [-0.25, -0.2) is 0 Å². The molecule has 5 heteroatoms. The average Bonchev–Trinajstić information content (AvgIpc) is 3.27. The third-order valence-corrected chi connectivity index (χ3v) is 6.37. The largest absolute Gasteiger partial charge is 0.334 e. The average molecular weight is 402 g/mol. The van der Waals surface area contributed by atoms with Gasteiger partial charge in [0.05, 0.1) is 5.54 Å². The Morgan fingerprint density at radius 3 is 2.68 bits per heavy atom. The number of benzene rings is 1. The lowest BCUT2D eigenvalue weighted by Gasteiger charge is -2.38. The quantitative estimate of drug-likeness (QED) is 0.681. The van der Waals surface area contributed by atoms with Crippen LogP contribution in [0.2, 0.25) is 0 Å². The van der Waals surface area contributed by atoms with Crippen molar-refractivity contribution in [3.8, 4) is 0 Å². The summed E-state index contributed by atoms with van der Waals surface area (Å²) in [4.78, 5) is 22.0. The topological polar surface area (TPSA) is 35.9 Å². The number of likely N-dealkylation sites (tertiary alicyclic amines) is 1. The maximum atomic E-state index is 12.6.